The number of carbonyl (C=O) groups excluding carboxylic acids is 1. The number of aromatic nitrogens is 3. The normalized spacial score (nSPS) is 12.0. The maximum Gasteiger partial charge on any atom is 0.255 e. The van der Waals surface area contributed by atoms with Crippen LogP contribution in [0.15, 0.2) is 30.9 Å². The number of hydrogen-bond acceptors (Lipinski definition) is 5. The molecular weight excluding hydrogens is 433 g/mol. The SMILES string of the molecule is CN(C)C(=O)C(O)c1cncc(-c2cnc3[nH]cc(I)c3c2C#N)c1. The number of aromatic amines is 1. The van der Waals surface area contributed by atoms with Gasteiger partial charge in [0.05, 0.1) is 10.9 Å². The molecule has 0 fully saturated rings. The summed E-state index contributed by atoms with van der Waals surface area (Å²) in [6.07, 6.45) is 5.09. The van der Waals surface area contributed by atoms with Gasteiger partial charge in [-0.15, -0.1) is 0 Å². The zero-order chi connectivity index (χ0) is 18.1. The lowest BCUT2D eigenvalue weighted by atomic mass is 9.99. The van der Waals surface area contributed by atoms with Crippen LogP contribution < -0.4 is 0 Å². The number of pyridine rings is 2. The first-order valence-corrected chi connectivity index (χ1v) is 8.42. The van der Waals surface area contributed by atoms with Crippen LogP contribution in [0.4, 0.5) is 0 Å². The number of rotatable bonds is 3. The molecule has 1 amide bonds. The van der Waals surface area contributed by atoms with E-state index in [4.69, 9.17) is 0 Å². The maximum absolute atomic E-state index is 12.0. The summed E-state index contributed by atoms with van der Waals surface area (Å²) < 4.78 is 0.894. The standard InChI is InChI=1S/C17H14IN5O2/c1-23(2)17(25)15(24)10-3-9(5-20-6-10)12-7-21-16-14(11(12)4-19)13(18)8-22-16/h3,5-8,15,24H,1-2H3,(H,21,22). The van der Waals surface area contributed by atoms with Gasteiger partial charge in [0.1, 0.15) is 11.7 Å². The van der Waals surface area contributed by atoms with E-state index in [1.807, 2.05) is 0 Å². The van der Waals surface area contributed by atoms with Gasteiger partial charge in [0.15, 0.2) is 6.10 Å². The molecule has 25 heavy (non-hydrogen) atoms. The molecule has 0 spiro atoms. The van der Waals surface area contributed by atoms with Gasteiger partial charge in [-0.1, -0.05) is 0 Å². The number of amides is 1. The van der Waals surface area contributed by atoms with E-state index in [1.54, 1.807) is 38.8 Å². The molecule has 0 radical (unpaired) electrons. The average molecular weight is 447 g/mol. The van der Waals surface area contributed by atoms with Crippen LogP contribution in [0.1, 0.15) is 17.2 Å². The molecule has 3 rings (SSSR count). The molecule has 0 saturated carbocycles. The Balaban J connectivity index is 2.14. The van der Waals surface area contributed by atoms with Crippen LogP contribution in [0, 0.1) is 14.9 Å². The van der Waals surface area contributed by atoms with Crippen molar-refractivity contribution in [1.29, 1.82) is 5.26 Å². The number of carbonyl (C=O) groups is 1. The van der Waals surface area contributed by atoms with Gasteiger partial charge in [-0.05, 0) is 28.7 Å². The van der Waals surface area contributed by atoms with Crippen molar-refractivity contribution in [2.75, 3.05) is 14.1 Å². The number of halogens is 1. The van der Waals surface area contributed by atoms with E-state index in [1.165, 1.54) is 11.1 Å². The largest absolute Gasteiger partial charge is 0.378 e. The Labute approximate surface area is 157 Å². The summed E-state index contributed by atoms with van der Waals surface area (Å²) in [4.78, 5) is 24.8. The van der Waals surface area contributed by atoms with Crippen LogP contribution in [-0.4, -0.2) is 45.0 Å². The second kappa shape index (κ2) is 6.78. The summed E-state index contributed by atoms with van der Waals surface area (Å²) >= 11 is 2.14. The lowest BCUT2D eigenvalue weighted by Crippen LogP contribution is -2.28. The number of nitrogens with zero attached hydrogens (tertiary/aromatic N) is 4. The topological polar surface area (TPSA) is 106 Å². The monoisotopic (exact) mass is 447 g/mol. The summed E-state index contributed by atoms with van der Waals surface area (Å²) in [6, 6.07) is 3.88. The number of nitriles is 1. The fourth-order valence-corrected chi connectivity index (χ4v) is 3.21. The maximum atomic E-state index is 12.0. The Kier molecular flexibility index (Phi) is 4.69. The molecule has 126 valence electrons. The fourth-order valence-electron chi connectivity index (χ4n) is 2.53. The highest BCUT2D eigenvalue weighted by molar-refractivity contribution is 14.1. The first-order chi connectivity index (χ1) is 11.9. The zero-order valence-electron chi connectivity index (χ0n) is 13.5. The van der Waals surface area contributed by atoms with E-state index in [0.29, 0.717) is 27.9 Å². The number of likely N-dealkylation sites (N-methyl/N-ethyl adjacent to an activating group) is 1. The summed E-state index contributed by atoms with van der Waals surface area (Å²) in [7, 11) is 3.14. The Morgan fingerprint density at radius 2 is 2.16 bits per heavy atom. The molecule has 0 aromatic carbocycles. The fraction of sp³-hybridized carbons (Fsp3) is 0.176. The van der Waals surface area contributed by atoms with Gasteiger partial charge in [0.25, 0.3) is 5.91 Å². The van der Waals surface area contributed by atoms with Gasteiger partial charge in [-0.25, -0.2) is 4.98 Å². The molecule has 7 nitrogen and oxygen atoms in total. The molecule has 3 aromatic heterocycles. The molecule has 0 aliphatic rings. The van der Waals surface area contributed by atoms with Gasteiger partial charge in [0.2, 0.25) is 0 Å². The van der Waals surface area contributed by atoms with E-state index in [9.17, 15) is 15.2 Å². The molecule has 0 aliphatic heterocycles. The van der Waals surface area contributed by atoms with Gasteiger partial charge < -0.3 is 15.0 Å². The number of aliphatic hydroxyl groups excluding tert-OH is 1. The van der Waals surface area contributed by atoms with Gasteiger partial charge in [-0.2, -0.15) is 5.26 Å². The summed E-state index contributed by atoms with van der Waals surface area (Å²) in [5, 5.41) is 20.6. The van der Waals surface area contributed by atoms with Crippen molar-refractivity contribution >= 4 is 39.5 Å². The molecule has 3 heterocycles. The first-order valence-electron chi connectivity index (χ1n) is 7.34. The number of fused-ring (bicyclic) bond motifs is 1. The molecule has 0 bridgehead atoms. The highest BCUT2D eigenvalue weighted by Gasteiger charge is 2.21. The van der Waals surface area contributed by atoms with Gasteiger partial charge >= 0.3 is 0 Å². The molecule has 2 N–H and O–H groups in total. The van der Waals surface area contributed by atoms with Crippen LogP contribution in [0.2, 0.25) is 0 Å². The molecule has 0 aliphatic carbocycles. The molecule has 1 unspecified atom stereocenters. The predicted molar refractivity (Wildman–Crippen MR) is 100 cm³/mol. The van der Waals surface area contributed by atoms with Crippen LogP contribution >= 0.6 is 22.6 Å². The quantitative estimate of drug-likeness (QED) is 0.600. The van der Waals surface area contributed by atoms with Crippen molar-refractivity contribution in [2.45, 2.75) is 6.10 Å². The third kappa shape index (κ3) is 3.08. The van der Waals surface area contributed by atoms with Crippen molar-refractivity contribution < 1.29 is 9.90 Å². The van der Waals surface area contributed by atoms with Crippen molar-refractivity contribution in [3.8, 4) is 17.2 Å². The second-order valence-corrected chi connectivity index (χ2v) is 6.82. The highest BCUT2D eigenvalue weighted by Crippen LogP contribution is 2.31. The smallest absolute Gasteiger partial charge is 0.255 e. The van der Waals surface area contributed by atoms with Crippen LogP contribution in [-0.2, 0) is 4.79 Å². The highest BCUT2D eigenvalue weighted by atomic mass is 127. The number of aliphatic hydroxyl groups is 1. The molecule has 0 saturated heterocycles. The van der Waals surface area contributed by atoms with Crippen LogP contribution in [0.5, 0.6) is 0 Å². The third-order valence-corrected chi connectivity index (χ3v) is 4.68. The Bertz CT molecular complexity index is 1010. The minimum absolute atomic E-state index is 0.365. The minimum atomic E-state index is -1.31. The van der Waals surface area contributed by atoms with E-state index < -0.39 is 12.0 Å². The summed E-state index contributed by atoms with van der Waals surface area (Å²) in [5.41, 5.74) is 2.70. The van der Waals surface area contributed by atoms with E-state index in [0.717, 1.165) is 8.96 Å². The average Bonchev–Trinajstić information content (AvgIpc) is 3.01. The number of H-pyrrole nitrogens is 1. The lowest BCUT2D eigenvalue weighted by Gasteiger charge is -2.16. The van der Waals surface area contributed by atoms with Crippen molar-refractivity contribution in [2.24, 2.45) is 0 Å². The van der Waals surface area contributed by atoms with Gasteiger partial charge in [-0.3, -0.25) is 9.78 Å². The third-order valence-electron chi connectivity index (χ3n) is 3.83. The van der Waals surface area contributed by atoms with Crippen molar-refractivity contribution in [3.05, 3.63) is 45.6 Å². The first kappa shape index (κ1) is 17.3. The Hall–Kier alpha value is -2.51. The van der Waals surface area contributed by atoms with Crippen molar-refractivity contribution in [3.63, 3.8) is 0 Å². The van der Waals surface area contributed by atoms with Gasteiger partial charge in [0, 0.05) is 59.1 Å². The summed E-state index contributed by atoms with van der Waals surface area (Å²) in [6.45, 7) is 0. The predicted octanol–water partition coefficient (Wildman–Crippen LogP) is 2.22. The van der Waals surface area contributed by atoms with E-state index in [2.05, 4.69) is 43.6 Å². The summed E-state index contributed by atoms with van der Waals surface area (Å²) in [5.74, 6) is -0.437. The number of hydrogen-bond donors (Lipinski definition) is 2. The van der Waals surface area contributed by atoms with Crippen molar-refractivity contribution in [1.82, 2.24) is 19.9 Å². The van der Waals surface area contributed by atoms with Crippen LogP contribution in [0.3, 0.4) is 0 Å². The minimum Gasteiger partial charge on any atom is -0.378 e. The second-order valence-electron chi connectivity index (χ2n) is 5.66. The number of nitrogens with one attached hydrogen (secondary N) is 1. The zero-order valence-corrected chi connectivity index (χ0v) is 15.6. The molecular formula is C17H14IN5O2. The molecule has 3 aromatic rings. The lowest BCUT2D eigenvalue weighted by molar-refractivity contribution is -0.137. The van der Waals surface area contributed by atoms with Crippen LogP contribution in [0.25, 0.3) is 22.2 Å². The van der Waals surface area contributed by atoms with E-state index in [-0.39, 0.29) is 0 Å². The Morgan fingerprint density at radius 3 is 2.84 bits per heavy atom. The molecule has 1 atom stereocenters. The molecule has 8 heteroatoms. The van der Waals surface area contributed by atoms with E-state index >= 15 is 0 Å². The Morgan fingerprint density at radius 1 is 1.40 bits per heavy atom.